The van der Waals surface area contributed by atoms with Gasteiger partial charge < -0.3 is 24.6 Å². The number of isocyanates is 1. The molecule has 2 aliphatic rings. The van der Waals surface area contributed by atoms with Crippen LogP contribution in [0.2, 0.25) is 0 Å². The molecule has 2 saturated heterocycles. The van der Waals surface area contributed by atoms with Gasteiger partial charge in [0.15, 0.2) is 0 Å². The van der Waals surface area contributed by atoms with E-state index in [1.165, 1.54) is 6.08 Å². The van der Waals surface area contributed by atoms with Crippen molar-refractivity contribution < 1.29 is 23.9 Å². The van der Waals surface area contributed by atoms with Gasteiger partial charge in [-0.25, -0.2) is 9.59 Å². The third kappa shape index (κ3) is 8.43. The number of ether oxygens (including phenoxy) is 2. The molecule has 4 aromatic carbocycles. The lowest BCUT2D eigenvalue weighted by molar-refractivity contribution is -0.134. The van der Waals surface area contributed by atoms with Crippen LogP contribution in [-0.2, 0) is 22.6 Å². The van der Waals surface area contributed by atoms with Gasteiger partial charge in [-0.3, -0.25) is 10.1 Å². The molecule has 3 amide bonds. The van der Waals surface area contributed by atoms with E-state index in [1.807, 2.05) is 70.5 Å². The van der Waals surface area contributed by atoms with E-state index < -0.39 is 5.66 Å². The standard InChI is InChI=1S/C29H32N4O3.C8H7NO2/c1-36-25-14-12-24(13-15-25)30-28(35)32-18-16-29(17-19-32)31-26(20-22-8-4-2-5-9-22)27(34)33(29)21-23-10-6-3-7-11-23;1-11-8-4-2-7(3-5-8)9-6-10/h2-15,26,31H,16-21H2,1H3,(H,30,35);2-5H,1H3. The zero-order chi connectivity index (χ0) is 33.1. The summed E-state index contributed by atoms with van der Waals surface area (Å²) in [5.74, 6) is 1.61. The van der Waals surface area contributed by atoms with E-state index in [4.69, 9.17) is 9.47 Å². The van der Waals surface area contributed by atoms with Gasteiger partial charge in [0.25, 0.3) is 0 Å². The molecule has 0 bridgehead atoms. The molecule has 6 rings (SSSR count). The SMILES string of the molecule is COc1ccc(N=C=O)cc1.COc1ccc(NC(=O)N2CCC3(CC2)NC(Cc2ccccc2)C(=O)N3Cc2ccccc2)cc1. The molecule has 47 heavy (non-hydrogen) atoms. The lowest BCUT2D eigenvalue weighted by Crippen LogP contribution is -2.59. The lowest BCUT2D eigenvalue weighted by Gasteiger charge is -2.44. The van der Waals surface area contributed by atoms with Gasteiger partial charge in [0, 0.05) is 38.2 Å². The quantitative estimate of drug-likeness (QED) is 0.184. The number of nitrogens with one attached hydrogen (secondary N) is 2. The summed E-state index contributed by atoms with van der Waals surface area (Å²) in [6.07, 6.45) is 3.45. The Balaban J connectivity index is 0.000000335. The van der Waals surface area contributed by atoms with Gasteiger partial charge in [-0.15, -0.1) is 0 Å². The van der Waals surface area contributed by atoms with Gasteiger partial charge in [0.1, 0.15) is 11.5 Å². The van der Waals surface area contributed by atoms with E-state index in [0.29, 0.717) is 44.6 Å². The summed E-state index contributed by atoms with van der Waals surface area (Å²) in [4.78, 5) is 43.7. The number of carbonyl (C=O) groups is 2. The molecule has 0 aliphatic carbocycles. The van der Waals surface area contributed by atoms with Gasteiger partial charge in [-0.2, -0.15) is 4.99 Å². The zero-order valence-electron chi connectivity index (χ0n) is 26.6. The highest BCUT2D eigenvalue weighted by atomic mass is 16.5. The van der Waals surface area contributed by atoms with Crippen LogP contribution in [0.3, 0.4) is 0 Å². The molecule has 0 saturated carbocycles. The summed E-state index contributed by atoms with van der Waals surface area (Å²) in [7, 11) is 3.20. The Morgan fingerprint density at radius 1 is 0.851 bits per heavy atom. The highest BCUT2D eigenvalue weighted by Gasteiger charge is 2.51. The Kier molecular flexibility index (Phi) is 11.0. The molecule has 4 aromatic rings. The number of hydrogen-bond donors (Lipinski definition) is 2. The number of likely N-dealkylation sites (tertiary alicyclic amines) is 1. The van der Waals surface area contributed by atoms with E-state index in [9.17, 15) is 14.4 Å². The Hall–Kier alpha value is -5.44. The van der Waals surface area contributed by atoms with Crippen molar-refractivity contribution in [2.45, 2.75) is 37.5 Å². The fourth-order valence-electron chi connectivity index (χ4n) is 5.93. The fraction of sp³-hybridized carbons (Fsp3) is 0.270. The zero-order valence-corrected chi connectivity index (χ0v) is 26.6. The number of amides is 3. The minimum absolute atomic E-state index is 0.124. The van der Waals surface area contributed by atoms with Crippen LogP contribution in [0.4, 0.5) is 16.2 Å². The third-order valence-electron chi connectivity index (χ3n) is 8.46. The molecule has 10 nitrogen and oxygen atoms in total. The molecule has 10 heteroatoms. The topological polar surface area (TPSA) is 113 Å². The lowest BCUT2D eigenvalue weighted by atomic mass is 9.95. The largest absolute Gasteiger partial charge is 0.497 e. The maximum Gasteiger partial charge on any atom is 0.321 e. The molecule has 2 heterocycles. The highest BCUT2D eigenvalue weighted by Crippen LogP contribution is 2.35. The Bertz CT molecular complexity index is 1650. The number of aliphatic imine (C=N–C) groups is 1. The highest BCUT2D eigenvalue weighted by molar-refractivity contribution is 5.89. The summed E-state index contributed by atoms with van der Waals surface area (Å²) in [6.45, 7) is 1.67. The number of urea groups is 1. The van der Waals surface area contributed by atoms with Crippen molar-refractivity contribution in [1.29, 1.82) is 0 Å². The van der Waals surface area contributed by atoms with Crippen molar-refractivity contribution in [1.82, 2.24) is 15.1 Å². The fourth-order valence-corrected chi connectivity index (χ4v) is 5.93. The van der Waals surface area contributed by atoms with Crippen molar-refractivity contribution in [2.75, 3.05) is 32.6 Å². The van der Waals surface area contributed by atoms with E-state index in [2.05, 4.69) is 39.9 Å². The van der Waals surface area contributed by atoms with Gasteiger partial charge >= 0.3 is 6.03 Å². The van der Waals surface area contributed by atoms with E-state index in [0.717, 1.165) is 28.3 Å². The predicted molar refractivity (Wildman–Crippen MR) is 180 cm³/mol. The van der Waals surface area contributed by atoms with Crippen molar-refractivity contribution >= 4 is 29.4 Å². The van der Waals surface area contributed by atoms with Crippen LogP contribution < -0.4 is 20.1 Å². The van der Waals surface area contributed by atoms with Crippen LogP contribution in [0.5, 0.6) is 11.5 Å². The predicted octanol–water partition coefficient (Wildman–Crippen LogP) is 5.93. The Morgan fingerprint density at radius 2 is 1.40 bits per heavy atom. The minimum atomic E-state index is -0.469. The molecule has 0 aromatic heterocycles. The third-order valence-corrected chi connectivity index (χ3v) is 8.46. The van der Waals surface area contributed by atoms with Crippen molar-refractivity contribution in [3.05, 3.63) is 120 Å². The van der Waals surface area contributed by atoms with Crippen LogP contribution in [0.15, 0.2) is 114 Å². The number of methoxy groups -OCH3 is 2. The number of benzene rings is 4. The molecule has 2 aliphatic heterocycles. The monoisotopic (exact) mass is 633 g/mol. The van der Waals surface area contributed by atoms with E-state index >= 15 is 0 Å². The molecule has 1 spiro atoms. The van der Waals surface area contributed by atoms with Gasteiger partial charge in [0.2, 0.25) is 12.0 Å². The molecular formula is C37H39N5O5. The summed E-state index contributed by atoms with van der Waals surface area (Å²) in [6, 6.07) is 34.0. The average Bonchev–Trinajstić information content (AvgIpc) is 3.35. The molecule has 1 unspecified atom stereocenters. The summed E-state index contributed by atoms with van der Waals surface area (Å²) in [5.41, 5.74) is 3.08. The molecule has 2 fully saturated rings. The first-order valence-corrected chi connectivity index (χ1v) is 15.5. The second-order valence-electron chi connectivity index (χ2n) is 11.4. The number of hydrogen-bond acceptors (Lipinski definition) is 7. The maximum absolute atomic E-state index is 13.7. The second kappa shape index (κ2) is 15.7. The van der Waals surface area contributed by atoms with Gasteiger partial charge in [0.05, 0.1) is 31.6 Å². The number of anilines is 1. The number of carbonyl (C=O) groups excluding carboxylic acids is 3. The smallest absolute Gasteiger partial charge is 0.321 e. The van der Waals surface area contributed by atoms with Crippen LogP contribution >= 0.6 is 0 Å². The van der Waals surface area contributed by atoms with Crippen LogP contribution in [-0.4, -0.2) is 66.8 Å². The molecule has 242 valence electrons. The summed E-state index contributed by atoms with van der Waals surface area (Å²) >= 11 is 0. The first-order chi connectivity index (χ1) is 22.9. The van der Waals surface area contributed by atoms with Crippen LogP contribution in [0.25, 0.3) is 0 Å². The average molecular weight is 634 g/mol. The summed E-state index contributed by atoms with van der Waals surface area (Å²) in [5, 5.41) is 6.67. The molecule has 0 radical (unpaired) electrons. The first kappa shape index (κ1) is 32.9. The van der Waals surface area contributed by atoms with Gasteiger partial charge in [-0.1, -0.05) is 60.7 Å². The molecule has 2 N–H and O–H groups in total. The molecular weight excluding hydrogens is 594 g/mol. The van der Waals surface area contributed by atoms with E-state index in [-0.39, 0.29) is 18.0 Å². The normalized spacial score (nSPS) is 16.5. The van der Waals surface area contributed by atoms with Crippen molar-refractivity contribution in [3.8, 4) is 11.5 Å². The summed E-state index contributed by atoms with van der Waals surface area (Å²) < 4.78 is 10.1. The number of piperidine rings is 1. The van der Waals surface area contributed by atoms with E-state index in [1.54, 1.807) is 38.5 Å². The van der Waals surface area contributed by atoms with Gasteiger partial charge in [-0.05, 0) is 66.1 Å². The Labute approximate surface area is 275 Å². The second-order valence-corrected chi connectivity index (χ2v) is 11.4. The number of nitrogens with zero attached hydrogens (tertiary/aromatic N) is 3. The number of rotatable bonds is 8. The van der Waals surface area contributed by atoms with Crippen LogP contribution in [0.1, 0.15) is 24.0 Å². The van der Waals surface area contributed by atoms with Crippen molar-refractivity contribution in [2.24, 2.45) is 4.99 Å². The molecule has 1 atom stereocenters. The van der Waals surface area contributed by atoms with Crippen LogP contribution in [0, 0.1) is 0 Å². The minimum Gasteiger partial charge on any atom is -0.497 e. The Morgan fingerprint density at radius 3 is 1.96 bits per heavy atom. The maximum atomic E-state index is 13.7. The van der Waals surface area contributed by atoms with Crippen molar-refractivity contribution in [3.63, 3.8) is 0 Å². The first-order valence-electron chi connectivity index (χ1n) is 15.5.